The van der Waals surface area contributed by atoms with Gasteiger partial charge in [-0.1, -0.05) is 6.07 Å². The highest BCUT2D eigenvalue weighted by Gasteiger charge is 2.16. The van der Waals surface area contributed by atoms with E-state index in [4.69, 9.17) is 5.73 Å². The van der Waals surface area contributed by atoms with Gasteiger partial charge in [-0.15, -0.1) is 11.3 Å². The van der Waals surface area contributed by atoms with Gasteiger partial charge in [0, 0.05) is 16.9 Å². The van der Waals surface area contributed by atoms with Gasteiger partial charge in [0.15, 0.2) is 0 Å². The van der Waals surface area contributed by atoms with Crippen molar-refractivity contribution in [1.29, 1.82) is 0 Å². The van der Waals surface area contributed by atoms with Crippen LogP contribution in [-0.2, 0) is 10.0 Å². The molecule has 0 spiro atoms. The van der Waals surface area contributed by atoms with Crippen LogP contribution in [0.2, 0.25) is 0 Å². The zero-order chi connectivity index (χ0) is 20.3. The first-order valence-corrected chi connectivity index (χ1v) is 10.2. The Balaban J connectivity index is 1.72. The van der Waals surface area contributed by atoms with Gasteiger partial charge in [-0.05, 0) is 53.9 Å². The second-order valence-corrected chi connectivity index (χ2v) is 8.48. The summed E-state index contributed by atoms with van der Waals surface area (Å²) in [5.41, 5.74) is 5.47. The van der Waals surface area contributed by atoms with Crippen LogP contribution in [0.3, 0.4) is 0 Å². The molecular weight excluding hydrogens is 405 g/mol. The summed E-state index contributed by atoms with van der Waals surface area (Å²) in [7, 11) is -3.68. The molecule has 0 saturated heterocycles. The number of nitrogens with one attached hydrogen (secondary N) is 2. The summed E-state index contributed by atoms with van der Waals surface area (Å²) >= 11 is 1.09. The van der Waals surface area contributed by atoms with Crippen LogP contribution < -0.4 is 15.8 Å². The lowest BCUT2D eigenvalue weighted by Crippen LogP contribution is -2.16. The molecular formula is C18H14FN3O4S2. The van der Waals surface area contributed by atoms with Crippen LogP contribution in [-0.4, -0.2) is 20.2 Å². The number of carbonyl (C=O) groups excluding carboxylic acids is 2. The Labute approximate surface area is 164 Å². The summed E-state index contributed by atoms with van der Waals surface area (Å²) < 4.78 is 40.5. The van der Waals surface area contributed by atoms with Crippen LogP contribution in [0.15, 0.2) is 64.2 Å². The number of benzene rings is 2. The smallest absolute Gasteiger partial charge is 0.271 e. The lowest BCUT2D eigenvalue weighted by atomic mass is 10.1. The van der Waals surface area contributed by atoms with E-state index in [-0.39, 0.29) is 21.0 Å². The minimum Gasteiger partial charge on any atom is -0.366 e. The van der Waals surface area contributed by atoms with Gasteiger partial charge in [0.1, 0.15) is 10.0 Å². The third kappa shape index (κ3) is 4.35. The number of rotatable bonds is 6. The molecule has 0 radical (unpaired) electrons. The van der Waals surface area contributed by atoms with Crippen LogP contribution in [0.25, 0.3) is 0 Å². The number of thiophene rings is 1. The third-order valence-corrected chi connectivity index (χ3v) is 6.43. The van der Waals surface area contributed by atoms with E-state index in [1.54, 1.807) is 11.4 Å². The molecule has 144 valence electrons. The molecule has 0 aliphatic carbocycles. The number of carbonyl (C=O) groups is 2. The van der Waals surface area contributed by atoms with Gasteiger partial charge in [0.2, 0.25) is 0 Å². The number of amides is 2. The summed E-state index contributed by atoms with van der Waals surface area (Å²) in [4.78, 5) is 23.5. The van der Waals surface area contributed by atoms with Crippen LogP contribution in [0.1, 0.15) is 20.7 Å². The minimum atomic E-state index is -3.68. The molecule has 3 aromatic rings. The maximum absolute atomic E-state index is 13.5. The van der Waals surface area contributed by atoms with Gasteiger partial charge in [-0.3, -0.25) is 14.3 Å². The van der Waals surface area contributed by atoms with Crippen molar-refractivity contribution in [2.45, 2.75) is 4.21 Å². The molecule has 1 aromatic heterocycles. The largest absolute Gasteiger partial charge is 0.366 e. The molecule has 1 heterocycles. The fourth-order valence-electron chi connectivity index (χ4n) is 2.31. The minimum absolute atomic E-state index is 0.177. The van der Waals surface area contributed by atoms with E-state index < -0.39 is 27.7 Å². The van der Waals surface area contributed by atoms with Gasteiger partial charge in [-0.25, -0.2) is 12.8 Å². The predicted molar refractivity (Wildman–Crippen MR) is 104 cm³/mol. The number of anilines is 2. The Hall–Kier alpha value is -3.24. The number of hydrogen-bond acceptors (Lipinski definition) is 5. The van der Waals surface area contributed by atoms with Crippen molar-refractivity contribution in [2.75, 3.05) is 10.0 Å². The highest BCUT2D eigenvalue weighted by atomic mass is 32.2. The Morgan fingerprint density at radius 1 is 1.00 bits per heavy atom. The average Bonchev–Trinajstić information content (AvgIpc) is 3.19. The monoisotopic (exact) mass is 419 g/mol. The number of sulfonamides is 1. The number of nitrogens with two attached hydrogens (primary N) is 1. The Bertz CT molecular complexity index is 1130. The van der Waals surface area contributed by atoms with E-state index in [9.17, 15) is 22.4 Å². The van der Waals surface area contributed by atoms with E-state index in [0.717, 1.165) is 23.5 Å². The molecule has 28 heavy (non-hydrogen) atoms. The molecule has 0 unspecified atom stereocenters. The molecule has 10 heteroatoms. The molecule has 0 aliphatic rings. The van der Waals surface area contributed by atoms with Crippen molar-refractivity contribution < 1.29 is 22.4 Å². The Morgan fingerprint density at radius 3 is 2.29 bits per heavy atom. The van der Waals surface area contributed by atoms with E-state index in [1.807, 2.05) is 0 Å². The number of halogens is 1. The number of primary amides is 1. The SMILES string of the molecule is NC(=O)c1cc(NC(=O)c2ccc(NS(=O)(=O)c3cccs3)cc2)ccc1F. The first kappa shape index (κ1) is 19.5. The lowest BCUT2D eigenvalue weighted by molar-refractivity contribution is 0.0992. The zero-order valence-corrected chi connectivity index (χ0v) is 15.8. The van der Waals surface area contributed by atoms with E-state index in [1.165, 1.54) is 36.4 Å². The molecule has 4 N–H and O–H groups in total. The third-order valence-electron chi connectivity index (χ3n) is 3.65. The van der Waals surface area contributed by atoms with Gasteiger partial charge in [0.05, 0.1) is 5.56 Å². The topological polar surface area (TPSA) is 118 Å². The fraction of sp³-hybridized carbons (Fsp3) is 0. The predicted octanol–water partition coefficient (Wildman–Crippen LogP) is 3.04. The molecule has 7 nitrogen and oxygen atoms in total. The summed E-state index contributed by atoms with van der Waals surface area (Å²) in [5, 5.41) is 4.17. The maximum atomic E-state index is 13.5. The van der Waals surface area contributed by atoms with Crippen molar-refractivity contribution in [3.63, 3.8) is 0 Å². The normalized spacial score (nSPS) is 11.0. The van der Waals surface area contributed by atoms with Crippen molar-refractivity contribution in [1.82, 2.24) is 0 Å². The first-order valence-electron chi connectivity index (χ1n) is 7.83. The van der Waals surface area contributed by atoms with Gasteiger partial charge < -0.3 is 11.1 Å². The average molecular weight is 419 g/mol. The van der Waals surface area contributed by atoms with Crippen molar-refractivity contribution in [2.24, 2.45) is 5.73 Å². The summed E-state index contributed by atoms with van der Waals surface area (Å²) in [6.07, 6.45) is 0. The highest BCUT2D eigenvalue weighted by molar-refractivity contribution is 7.94. The van der Waals surface area contributed by atoms with E-state index in [2.05, 4.69) is 10.0 Å². The van der Waals surface area contributed by atoms with Gasteiger partial charge >= 0.3 is 0 Å². The standard InChI is InChI=1S/C18H14FN3O4S2/c19-15-8-7-13(10-14(15)17(20)23)21-18(24)11-3-5-12(6-4-11)22-28(25,26)16-2-1-9-27-16/h1-10,22H,(H2,20,23)(H,21,24). The van der Waals surface area contributed by atoms with E-state index in [0.29, 0.717) is 5.69 Å². The summed E-state index contributed by atoms with van der Waals surface area (Å²) in [6.45, 7) is 0. The molecule has 0 saturated carbocycles. The molecule has 0 bridgehead atoms. The number of hydrogen-bond donors (Lipinski definition) is 3. The molecule has 2 amide bonds. The summed E-state index contributed by atoms with van der Waals surface area (Å²) in [6, 6.07) is 12.3. The van der Waals surface area contributed by atoms with Crippen LogP contribution >= 0.6 is 11.3 Å². The molecule has 0 atom stereocenters. The lowest BCUT2D eigenvalue weighted by Gasteiger charge is -2.09. The second kappa shape index (κ2) is 7.79. The van der Waals surface area contributed by atoms with Crippen LogP contribution in [0, 0.1) is 5.82 Å². The quantitative estimate of drug-likeness (QED) is 0.569. The Kier molecular flexibility index (Phi) is 5.43. The van der Waals surface area contributed by atoms with Crippen LogP contribution in [0.4, 0.5) is 15.8 Å². The molecule has 0 fully saturated rings. The maximum Gasteiger partial charge on any atom is 0.271 e. The molecule has 0 aliphatic heterocycles. The van der Waals surface area contributed by atoms with Crippen LogP contribution in [0.5, 0.6) is 0 Å². The summed E-state index contributed by atoms with van der Waals surface area (Å²) in [5.74, 6) is -2.25. The molecule has 3 rings (SSSR count). The zero-order valence-electron chi connectivity index (χ0n) is 14.2. The van der Waals surface area contributed by atoms with E-state index >= 15 is 0 Å². The van der Waals surface area contributed by atoms with Gasteiger partial charge in [0.25, 0.3) is 21.8 Å². The first-order chi connectivity index (χ1) is 13.3. The highest BCUT2D eigenvalue weighted by Crippen LogP contribution is 2.21. The Morgan fingerprint density at radius 2 is 1.68 bits per heavy atom. The second-order valence-electron chi connectivity index (χ2n) is 5.63. The van der Waals surface area contributed by atoms with Crippen molar-refractivity contribution >= 4 is 44.5 Å². The van der Waals surface area contributed by atoms with Crippen molar-refractivity contribution in [3.8, 4) is 0 Å². The fourth-order valence-corrected chi connectivity index (χ4v) is 4.36. The molecule has 2 aromatic carbocycles. The van der Waals surface area contributed by atoms with Crippen molar-refractivity contribution in [3.05, 3.63) is 76.9 Å². The van der Waals surface area contributed by atoms with Gasteiger partial charge in [-0.2, -0.15) is 0 Å².